The van der Waals surface area contributed by atoms with Crippen molar-refractivity contribution < 1.29 is 9.90 Å². The minimum Gasteiger partial charge on any atom is -0.481 e. The average molecular weight is 363 g/mol. The summed E-state index contributed by atoms with van der Waals surface area (Å²) >= 11 is 3.80. The minimum absolute atomic E-state index is 0.338. The molecule has 0 amide bonds. The smallest absolute Gasteiger partial charge is 0.303 e. The molecule has 1 N–H and O–H groups in total. The topological polar surface area (TPSA) is 37.3 Å². The Labute approximate surface area is 140 Å². The average Bonchev–Trinajstić information content (AvgIpc) is 2.45. The van der Waals surface area contributed by atoms with E-state index in [2.05, 4.69) is 22.9 Å². The van der Waals surface area contributed by atoms with Gasteiger partial charge in [-0.25, -0.2) is 0 Å². The molecule has 0 saturated heterocycles. The van der Waals surface area contributed by atoms with Gasteiger partial charge in [0.2, 0.25) is 0 Å². The van der Waals surface area contributed by atoms with E-state index in [4.69, 9.17) is 5.11 Å². The van der Waals surface area contributed by atoms with Crippen molar-refractivity contribution in [2.75, 3.05) is 0 Å². The highest BCUT2D eigenvalue weighted by atomic mass is 79.9. The van der Waals surface area contributed by atoms with Crippen molar-refractivity contribution >= 4 is 21.9 Å². The first-order valence-electron chi connectivity index (χ1n) is 9.02. The molecular formula is C18H35BrO2. The number of unbranched alkanes of at least 4 members (excludes halogenated alkanes) is 10. The Balaban J connectivity index is 3.12. The molecule has 0 rings (SSSR count). The second kappa shape index (κ2) is 16.3. The largest absolute Gasteiger partial charge is 0.481 e. The Kier molecular flexibility index (Phi) is 16.3. The molecule has 126 valence electrons. The summed E-state index contributed by atoms with van der Waals surface area (Å²) in [5.41, 5.74) is 0. The number of halogens is 1. The SMILES string of the molecule is CCCCCCC(Br)CCCCCCCCCCC(=O)O. The number of hydrogen-bond acceptors (Lipinski definition) is 1. The summed E-state index contributed by atoms with van der Waals surface area (Å²) in [6, 6.07) is 0. The third-order valence-electron chi connectivity index (χ3n) is 4.03. The highest BCUT2D eigenvalue weighted by Gasteiger charge is 2.03. The van der Waals surface area contributed by atoms with Crippen molar-refractivity contribution in [1.82, 2.24) is 0 Å². The zero-order valence-corrected chi connectivity index (χ0v) is 15.5. The molecule has 0 spiro atoms. The normalized spacial score (nSPS) is 12.5. The van der Waals surface area contributed by atoms with E-state index in [0.717, 1.165) is 17.7 Å². The molecule has 0 aromatic heterocycles. The highest BCUT2D eigenvalue weighted by Crippen LogP contribution is 2.19. The van der Waals surface area contributed by atoms with Crippen LogP contribution in [0.4, 0.5) is 0 Å². The molecule has 0 fully saturated rings. The maximum absolute atomic E-state index is 10.4. The number of alkyl halides is 1. The van der Waals surface area contributed by atoms with Crippen LogP contribution in [0.15, 0.2) is 0 Å². The van der Waals surface area contributed by atoms with Crippen LogP contribution >= 0.6 is 15.9 Å². The Morgan fingerprint density at radius 2 is 1.24 bits per heavy atom. The molecule has 3 heteroatoms. The van der Waals surface area contributed by atoms with Gasteiger partial charge in [-0.15, -0.1) is 0 Å². The summed E-state index contributed by atoms with van der Waals surface area (Å²) in [6.07, 6.45) is 18.2. The van der Waals surface area contributed by atoms with Crippen molar-refractivity contribution in [3.8, 4) is 0 Å². The van der Waals surface area contributed by atoms with Crippen LogP contribution < -0.4 is 0 Å². The fraction of sp³-hybridized carbons (Fsp3) is 0.944. The van der Waals surface area contributed by atoms with Crippen molar-refractivity contribution in [3.63, 3.8) is 0 Å². The van der Waals surface area contributed by atoms with Gasteiger partial charge in [-0.3, -0.25) is 4.79 Å². The lowest BCUT2D eigenvalue weighted by atomic mass is 10.0. The van der Waals surface area contributed by atoms with Crippen LogP contribution in [0.1, 0.15) is 103 Å². The molecule has 1 unspecified atom stereocenters. The van der Waals surface area contributed by atoms with E-state index in [1.807, 2.05) is 0 Å². The Morgan fingerprint density at radius 3 is 1.71 bits per heavy atom. The first-order valence-corrected chi connectivity index (χ1v) is 9.94. The van der Waals surface area contributed by atoms with Crippen LogP contribution in [-0.4, -0.2) is 15.9 Å². The molecule has 0 aliphatic carbocycles. The summed E-state index contributed by atoms with van der Waals surface area (Å²) in [4.78, 5) is 11.1. The van der Waals surface area contributed by atoms with Gasteiger partial charge in [0, 0.05) is 11.2 Å². The summed E-state index contributed by atoms with van der Waals surface area (Å²) < 4.78 is 0. The molecule has 0 aliphatic heterocycles. The van der Waals surface area contributed by atoms with E-state index in [1.165, 1.54) is 77.0 Å². The number of rotatable bonds is 16. The first-order chi connectivity index (χ1) is 10.2. The van der Waals surface area contributed by atoms with Crippen LogP contribution in [0.5, 0.6) is 0 Å². The maximum atomic E-state index is 10.4. The molecule has 2 nitrogen and oxygen atoms in total. The predicted molar refractivity (Wildman–Crippen MR) is 95.3 cm³/mol. The number of aliphatic carboxylic acids is 1. The van der Waals surface area contributed by atoms with Gasteiger partial charge in [0.15, 0.2) is 0 Å². The van der Waals surface area contributed by atoms with E-state index in [1.54, 1.807) is 0 Å². The number of hydrogen-bond donors (Lipinski definition) is 1. The number of carbonyl (C=O) groups is 1. The molecule has 21 heavy (non-hydrogen) atoms. The van der Waals surface area contributed by atoms with Gasteiger partial charge in [0.1, 0.15) is 0 Å². The predicted octanol–water partition coefficient (Wildman–Crippen LogP) is 6.71. The van der Waals surface area contributed by atoms with E-state index in [-0.39, 0.29) is 0 Å². The van der Waals surface area contributed by atoms with E-state index in [9.17, 15) is 4.79 Å². The Hall–Kier alpha value is -0.0500. The van der Waals surface area contributed by atoms with Gasteiger partial charge in [-0.2, -0.15) is 0 Å². The summed E-state index contributed by atoms with van der Waals surface area (Å²) in [7, 11) is 0. The molecule has 0 saturated carbocycles. The second-order valence-electron chi connectivity index (χ2n) is 6.21. The summed E-state index contributed by atoms with van der Waals surface area (Å²) in [5.74, 6) is -0.658. The summed E-state index contributed by atoms with van der Waals surface area (Å²) in [5, 5.41) is 8.53. The first kappa shape index (κ1) is 20.9. The lowest BCUT2D eigenvalue weighted by Gasteiger charge is -2.09. The standard InChI is InChI=1S/C18H35BrO2/c1-2-3-4-11-14-17(19)15-12-9-7-5-6-8-10-13-16-18(20)21/h17H,2-16H2,1H3,(H,20,21). The zero-order chi connectivity index (χ0) is 15.8. The van der Waals surface area contributed by atoms with Crippen LogP contribution in [0.2, 0.25) is 0 Å². The van der Waals surface area contributed by atoms with Gasteiger partial charge < -0.3 is 5.11 Å². The van der Waals surface area contributed by atoms with E-state index < -0.39 is 5.97 Å². The van der Waals surface area contributed by atoms with Gasteiger partial charge in [0.25, 0.3) is 0 Å². The highest BCUT2D eigenvalue weighted by molar-refractivity contribution is 9.09. The molecule has 0 bridgehead atoms. The molecule has 1 atom stereocenters. The monoisotopic (exact) mass is 362 g/mol. The second-order valence-corrected chi connectivity index (χ2v) is 7.50. The molecule has 0 aromatic rings. The molecule has 0 radical (unpaired) electrons. The van der Waals surface area contributed by atoms with Crippen LogP contribution in [-0.2, 0) is 4.79 Å². The fourth-order valence-corrected chi connectivity index (χ4v) is 3.29. The minimum atomic E-state index is -0.658. The van der Waals surface area contributed by atoms with Crippen molar-refractivity contribution in [3.05, 3.63) is 0 Å². The Bertz CT molecular complexity index is 231. The lowest BCUT2D eigenvalue weighted by molar-refractivity contribution is -0.137. The third-order valence-corrected chi connectivity index (χ3v) is 4.94. The summed E-state index contributed by atoms with van der Waals surface area (Å²) in [6.45, 7) is 2.26. The third kappa shape index (κ3) is 17.9. The van der Waals surface area contributed by atoms with Gasteiger partial charge in [-0.05, 0) is 19.3 Å². The zero-order valence-electron chi connectivity index (χ0n) is 13.9. The van der Waals surface area contributed by atoms with Gasteiger partial charge >= 0.3 is 5.97 Å². The van der Waals surface area contributed by atoms with Crippen molar-refractivity contribution in [1.29, 1.82) is 0 Å². The van der Waals surface area contributed by atoms with Crippen molar-refractivity contribution in [2.45, 2.75) is 108 Å². The van der Waals surface area contributed by atoms with Crippen LogP contribution in [0, 0.1) is 0 Å². The molecule has 0 heterocycles. The quantitative estimate of drug-likeness (QED) is 0.244. The lowest BCUT2D eigenvalue weighted by Crippen LogP contribution is -1.97. The Morgan fingerprint density at radius 1 is 0.810 bits per heavy atom. The van der Waals surface area contributed by atoms with Crippen LogP contribution in [0.25, 0.3) is 0 Å². The van der Waals surface area contributed by atoms with Crippen molar-refractivity contribution in [2.24, 2.45) is 0 Å². The molecule has 0 aromatic carbocycles. The van der Waals surface area contributed by atoms with E-state index in [0.29, 0.717) is 6.42 Å². The van der Waals surface area contributed by atoms with E-state index >= 15 is 0 Å². The fourth-order valence-electron chi connectivity index (χ4n) is 2.64. The van der Waals surface area contributed by atoms with Crippen LogP contribution in [0.3, 0.4) is 0 Å². The number of carboxylic acid groups (broad SMARTS) is 1. The molecular weight excluding hydrogens is 328 g/mol. The van der Waals surface area contributed by atoms with Gasteiger partial charge in [-0.1, -0.05) is 93.5 Å². The van der Waals surface area contributed by atoms with Gasteiger partial charge in [0.05, 0.1) is 0 Å². The number of carboxylic acids is 1. The molecule has 0 aliphatic rings. The maximum Gasteiger partial charge on any atom is 0.303 e.